The molecule has 148 valence electrons. The van der Waals surface area contributed by atoms with E-state index in [0.29, 0.717) is 24.4 Å². The maximum Gasteiger partial charge on any atom is 0.347 e. The van der Waals surface area contributed by atoms with E-state index in [2.05, 4.69) is 12.1 Å². The molecule has 0 spiro atoms. The van der Waals surface area contributed by atoms with Gasteiger partial charge in [0.25, 0.3) is 5.91 Å². The fraction of sp³-hybridized carbons (Fsp3) is 0.261. The summed E-state index contributed by atoms with van der Waals surface area (Å²) in [6.07, 6.45) is 1.94. The van der Waals surface area contributed by atoms with Gasteiger partial charge >= 0.3 is 5.97 Å². The number of hydrogen-bond donors (Lipinski definition) is 0. The highest BCUT2D eigenvalue weighted by Gasteiger charge is 2.22. The Balaban J connectivity index is 1.45. The summed E-state index contributed by atoms with van der Waals surface area (Å²) < 4.78 is 10.6. The maximum atomic E-state index is 12.3. The summed E-state index contributed by atoms with van der Waals surface area (Å²) >= 11 is 0. The summed E-state index contributed by atoms with van der Waals surface area (Å²) in [6.45, 7) is 2.33. The molecule has 0 saturated heterocycles. The molecule has 0 aromatic heterocycles. The summed E-state index contributed by atoms with van der Waals surface area (Å²) in [5, 5.41) is 8.80. The first-order valence-electron chi connectivity index (χ1n) is 9.42. The third-order valence-electron chi connectivity index (χ3n) is 4.67. The van der Waals surface area contributed by atoms with Gasteiger partial charge in [-0.25, -0.2) is 4.79 Å². The first-order valence-corrected chi connectivity index (χ1v) is 9.42. The van der Waals surface area contributed by atoms with Crippen molar-refractivity contribution in [3.8, 4) is 11.8 Å². The summed E-state index contributed by atoms with van der Waals surface area (Å²) in [5.74, 6) is -0.387. The molecule has 1 heterocycles. The highest BCUT2D eigenvalue weighted by Crippen LogP contribution is 2.22. The smallest absolute Gasteiger partial charge is 0.347 e. The van der Waals surface area contributed by atoms with E-state index >= 15 is 0 Å². The summed E-state index contributed by atoms with van der Waals surface area (Å²) in [5.41, 5.74) is 2.89. The molecule has 0 aliphatic carbocycles. The summed E-state index contributed by atoms with van der Waals surface area (Å²) in [6, 6.07) is 18.5. The molecule has 1 aliphatic heterocycles. The average molecular weight is 390 g/mol. The molecule has 1 atom stereocenters. The number of ether oxygens (including phenoxy) is 2. The van der Waals surface area contributed by atoms with Crippen molar-refractivity contribution in [1.29, 1.82) is 5.26 Å². The molecule has 6 nitrogen and oxygen atoms in total. The Morgan fingerprint density at radius 1 is 1.14 bits per heavy atom. The van der Waals surface area contributed by atoms with Gasteiger partial charge in [-0.15, -0.1) is 0 Å². The zero-order chi connectivity index (χ0) is 20.6. The van der Waals surface area contributed by atoms with Crippen molar-refractivity contribution in [2.24, 2.45) is 0 Å². The first kappa shape index (κ1) is 20.2. The molecule has 0 unspecified atom stereocenters. The lowest BCUT2D eigenvalue weighted by atomic mass is 10.00. The van der Waals surface area contributed by atoms with Crippen LogP contribution in [0, 0.1) is 11.3 Å². The van der Waals surface area contributed by atoms with Crippen LogP contribution in [0.1, 0.15) is 24.5 Å². The SMILES string of the molecule is C[C@H](Oc1ccc(C#N)cc1)C(=O)OCC(=O)N1CC=C(c2ccccc2)CC1. The van der Waals surface area contributed by atoms with Crippen molar-refractivity contribution in [1.82, 2.24) is 4.90 Å². The molecular weight excluding hydrogens is 368 g/mol. The second kappa shape index (κ2) is 9.56. The standard InChI is InChI=1S/C23H22N2O4/c1-17(29-21-9-7-18(15-24)8-10-21)23(27)28-16-22(26)25-13-11-20(12-14-25)19-5-3-2-4-6-19/h2-11,17H,12-14,16H2,1H3/t17-/m0/s1. The third-order valence-corrected chi connectivity index (χ3v) is 4.67. The van der Waals surface area contributed by atoms with Crippen molar-refractivity contribution < 1.29 is 19.1 Å². The predicted molar refractivity (Wildman–Crippen MR) is 108 cm³/mol. The molecule has 2 aromatic carbocycles. The van der Waals surface area contributed by atoms with Crippen LogP contribution in [0.2, 0.25) is 0 Å². The van der Waals surface area contributed by atoms with E-state index < -0.39 is 12.1 Å². The van der Waals surface area contributed by atoms with Gasteiger partial charge in [-0.3, -0.25) is 4.79 Å². The zero-order valence-corrected chi connectivity index (χ0v) is 16.2. The molecule has 0 saturated carbocycles. The molecule has 1 aliphatic rings. The number of amides is 1. The molecule has 0 radical (unpaired) electrons. The van der Waals surface area contributed by atoms with Gasteiger partial charge < -0.3 is 14.4 Å². The Labute approximate surface area is 170 Å². The normalized spacial score (nSPS) is 14.3. The Morgan fingerprint density at radius 3 is 2.48 bits per heavy atom. The minimum absolute atomic E-state index is 0.229. The monoisotopic (exact) mass is 390 g/mol. The first-order chi connectivity index (χ1) is 14.1. The Kier molecular flexibility index (Phi) is 6.64. The average Bonchev–Trinajstić information content (AvgIpc) is 2.78. The second-order valence-corrected chi connectivity index (χ2v) is 6.69. The molecule has 2 aromatic rings. The van der Waals surface area contributed by atoms with Crippen LogP contribution < -0.4 is 4.74 Å². The lowest BCUT2D eigenvalue weighted by Crippen LogP contribution is -2.38. The van der Waals surface area contributed by atoms with Crippen LogP contribution in [0.3, 0.4) is 0 Å². The number of nitriles is 1. The van der Waals surface area contributed by atoms with Crippen molar-refractivity contribution in [2.75, 3.05) is 19.7 Å². The van der Waals surface area contributed by atoms with E-state index in [1.807, 2.05) is 30.3 Å². The Bertz CT molecular complexity index is 930. The third kappa shape index (κ3) is 5.45. The van der Waals surface area contributed by atoms with Gasteiger partial charge in [0.05, 0.1) is 11.6 Å². The van der Waals surface area contributed by atoms with Crippen LogP contribution in [0.5, 0.6) is 5.75 Å². The fourth-order valence-electron chi connectivity index (χ4n) is 3.01. The van der Waals surface area contributed by atoms with Gasteiger partial charge in [-0.2, -0.15) is 5.26 Å². The van der Waals surface area contributed by atoms with Crippen LogP contribution in [0.15, 0.2) is 60.7 Å². The van der Waals surface area contributed by atoms with Gasteiger partial charge in [0.1, 0.15) is 5.75 Å². The van der Waals surface area contributed by atoms with E-state index in [9.17, 15) is 9.59 Å². The molecular formula is C23H22N2O4. The van der Waals surface area contributed by atoms with E-state index in [-0.39, 0.29) is 12.5 Å². The van der Waals surface area contributed by atoms with E-state index in [1.165, 1.54) is 11.1 Å². The lowest BCUT2D eigenvalue weighted by molar-refractivity contribution is -0.157. The quantitative estimate of drug-likeness (QED) is 0.708. The number of esters is 1. The number of carbonyl (C=O) groups excluding carboxylic acids is 2. The molecule has 0 bridgehead atoms. The molecule has 6 heteroatoms. The Hall–Kier alpha value is -3.59. The lowest BCUT2D eigenvalue weighted by Gasteiger charge is -2.26. The van der Waals surface area contributed by atoms with Crippen molar-refractivity contribution in [2.45, 2.75) is 19.4 Å². The largest absolute Gasteiger partial charge is 0.479 e. The predicted octanol–water partition coefficient (Wildman–Crippen LogP) is 3.18. The zero-order valence-electron chi connectivity index (χ0n) is 16.2. The van der Waals surface area contributed by atoms with Crippen molar-refractivity contribution in [3.05, 3.63) is 71.8 Å². The highest BCUT2D eigenvalue weighted by molar-refractivity contribution is 5.83. The second-order valence-electron chi connectivity index (χ2n) is 6.69. The topological polar surface area (TPSA) is 79.6 Å². The summed E-state index contributed by atoms with van der Waals surface area (Å²) in [7, 11) is 0. The molecule has 0 N–H and O–H groups in total. The van der Waals surface area contributed by atoms with Gasteiger partial charge in [-0.1, -0.05) is 36.4 Å². The van der Waals surface area contributed by atoms with Gasteiger partial charge in [0.15, 0.2) is 12.7 Å². The van der Waals surface area contributed by atoms with Crippen LogP contribution in [0.25, 0.3) is 5.57 Å². The van der Waals surface area contributed by atoms with E-state index in [1.54, 1.807) is 36.1 Å². The number of rotatable bonds is 6. The molecule has 29 heavy (non-hydrogen) atoms. The number of carbonyl (C=O) groups is 2. The minimum atomic E-state index is -0.860. The number of nitrogens with zero attached hydrogens (tertiary/aromatic N) is 2. The Morgan fingerprint density at radius 2 is 1.86 bits per heavy atom. The molecule has 0 fully saturated rings. The van der Waals surface area contributed by atoms with Gasteiger partial charge in [-0.05, 0) is 48.7 Å². The van der Waals surface area contributed by atoms with Crippen LogP contribution in [-0.4, -0.2) is 42.6 Å². The van der Waals surface area contributed by atoms with Crippen LogP contribution in [-0.2, 0) is 14.3 Å². The molecule has 1 amide bonds. The molecule has 3 rings (SSSR count). The van der Waals surface area contributed by atoms with Crippen LogP contribution >= 0.6 is 0 Å². The van der Waals surface area contributed by atoms with Crippen molar-refractivity contribution >= 4 is 17.4 Å². The van der Waals surface area contributed by atoms with Gasteiger partial charge in [0.2, 0.25) is 0 Å². The highest BCUT2D eigenvalue weighted by atomic mass is 16.6. The van der Waals surface area contributed by atoms with E-state index in [4.69, 9.17) is 14.7 Å². The summed E-state index contributed by atoms with van der Waals surface area (Å²) in [4.78, 5) is 26.1. The van der Waals surface area contributed by atoms with Crippen molar-refractivity contribution in [3.63, 3.8) is 0 Å². The number of hydrogen-bond acceptors (Lipinski definition) is 5. The fourth-order valence-corrected chi connectivity index (χ4v) is 3.01. The van der Waals surface area contributed by atoms with Crippen LogP contribution in [0.4, 0.5) is 0 Å². The minimum Gasteiger partial charge on any atom is -0.479 e. The maximum absolute atomic E-state index is 12.3. The van der Waals surface area contributed by atoms with E-state index in [0.717, 1.165) is 6.42 Å². The van der Waals surface area contributed by atoms with Gasteiger partial charge in [0, 0.05) is 13.1 Å². The number of benzene rings is 2.